The molecule has 0 bridgehead atoms. The van der Waals surface area contributed by atoms with E-state index in [0.717, 1.165) is 34.6 Å². The molecule has 1 saturated heterocycles. The molecule has 1 heterocycles. The summed E-state index contributed by atoms with van der Waals surface area (Å²) in [5.41, 5.74) is 3.25. The van der Waals surface area contributed by atoms with Crippen LogP contribution >= 0.6 is 0 Å². The van der Waals surface area contributed by atoms with E-state index in [9.17, 15) is 14.4 Å². The Hall–Kier alpha value is -3.15. The third kappa shape index (κ3) is 3.91. The number of benzene rings is 2. The highest BCUT2D eigenvalue weighted by Gasteiger charge is 2.28. The number of urea groups is 1. The number of rotatable bonds is 6. The number of aryl methyl sites for hydroxylation is 1. The van der Waals surface area contributed by atoms with Crippen molar-refractivity contribution in [2.24, 2.45) is 0 Å². The van der Waals surface area contributed by atoms with Gasteiger partial charge >= 0.3 is 6.03 Å². The largest absolute Gasteiger partial charge is 0.329 e. The SMILES string of the molecule is CCCc1ccccc1NC(=O)c1ccc(CN2C(=O)CNC2=O)cc1. The minimum absolute atomic E-state index is 0.0382. The quantitative estimate of drug-likeness (QED) is 0.786. The summed E-state index contributed by atoms with van der Waals surface area (Å²) < 4.78 is 0. The zero-order valence-corrected chi connectivity index (χ0v) is 14.6. The third-order valence-corrected chi connectivity index (χ3v) is 4.28. The van der Waals surface area contributed by atoms with Crippen molar-refractivity contribution in [3.05, 3.63) is 65.2 Å². The molecule has 0 spiro atoms. The van der Waals surface area contributed by atoms with Gasteiger partial charge in [0.1, 0.15) is 0 Å². The minimum Gasteiger partial charge on any atom is -0.329 e. The van der Waals surface area contributed by atoms with Crippen LogP contribution in [0.15, 0.2) is 48.5 Å². The second kappa shape index (κ2) is 7.82. The number of carbonyl (C=O) groups excluding carboxylic acids is 3. The predicted octanol–water partition coefficient (Wildman–Crippen LogP) is 2.94. The molecule has 1 fully saturated rings. The van der Waals surface area contributed by atoms with Gasteiger partial charge in [0.15, 0.2) is 0 Å². The van der Waals surface area contributed by atoms with E-state index in [-0.39, 0.29) is 30.9 Å². The van der Waals surface area contributed by atoms with Crippen molar-refractivity contribution in [3.63, 3.8) is 0 Å². The molecular formula is C20H21N3O3. The number of para-hydroxylation sites is 1. The van der Waals surface area contributed by atoms with Gasteiger partial charge in [-0.3, -0.25) is 14.5 Å². The van der Waals surface area contributed by atoms with Crippen LogP contribution in [0.2, 0.25) is 0 Å². The van der Waals surface area contributed by atoms with Gasteiger partial charge in [-0.05, 0) is 35.7 Å². The Labute approximate surface area is 152 Å². The van der Waals surface area contributed by atoms with Crippen molar-refractivity contribution < 1.29 is 14.4 Å². The number of imide groups is 1. The molecule has 2 aromatic carbocycles. The van der Waals surface area contributed by atoms with E-state index >= 15 is 0 Å². The second-order valence-corrected chi connectivity index (χ2v) is 6.20. The normalized spacial score (nSPS) is 13.7. The van der Waals surface area contributed by atoms with Gasteiger partial charge in [0.05, 0.1) is 13.1 Å². The van der Waals surface area contributed by atoms with Gasteiger partial charge in [-0.15, -0.1) is 0 Å². The highest BCUT2D eigenvalue weighted by Crippen LogP contribution is 2.18. The Bertz CT molecular complexity index is 814. The van der Waals surface area contributed by atoms with Crippen LogP contribution in [0, 0.1) is 0 Å². The standard InChI is InChI=1S/C20H21N3O3/c1-2-5-15-6-3-4-7-17(15)22-19(25)16-10-8-14(9-11-16)13-23-18(24)12-21-20(23)26/h3-4,6-11H,2,5,12-13H2,1H3,(H,21,26)(H,22,25). The molecule has 2 N–H and O–H groups in total. The molecule has 0 unspecified atom stereocenters. The van der Waals surface area contributed by atoms with Crippen LogP contribution in [0.5, 0.6) is 0 Å². The first-order valence-corrected chi connectivity index (χ1v) is 8.65. The molecule has 1 aliphatic heterocycles. The van der Waals surface area contributed by atoms with Crippen LogP contribution in [0.3, 0.4) is 0 Å². The molecule has 1 aliphatic rings. The van der Waals surface area contributed by atoms with E-state index < -0.39 is 0 Å². The number of anilines is 1. The minimum atomic E-state index is -0.385. The smallest absolute Gasteiger partial charge is 0.324 e. The first-order chi connectivity index (χ1) is 12.6. The van der Waals surface area contributed by atoms with Crippen molar-refractivity contribution in [3.8, 4) is 0 Å². The van der Waals surface area contributed by atoms with E-state index in [1.165, 1.54) is 0 Å². The van der Waals surface area contributed by atoms with Gasteiger partial charge < -0.3 is 10.6 Å². The zero-order valence-electron chi connectivity index (χ0n) is 14.6. The Morgan fingerprint density at radius 2 is 1.85 bits per heavy atom. The molecule has 0 saturated carbocycles. The monoisotopic (exact) mass is 351 g/mol. The highest BCUT2D eigenvalue weighted by molar-refractivity contribution is 6.04. The lowest BCUT2D eigenvalue weighted by atomic mass is 10.1. The molecule has 2 aromatic rings. The van der Waals surface area contributed by atoms with Gasteiger partial charge in [0.25, 0.3) is 5.91 Å². The number of nitrogens with zero attached hydrogens (tertiary/aromatic N) is 1. The van der Waals surface area contributed by atoms with E-state index in [1.807, 2.05) is 24.3 Å². The fourth-order valence-electron chi connectivity index (χ4n) is 2.88. The molecule has 6 nitrogen and oxygen atoms in total. The maximum absolute atomic E-state index is 12.5. The van der Waals surface area contributed by atoms with E-state index in [2.05, 4.69) is 17.6 Å². The van der Waals surface area contributed by atoms with Crippen LogP contribution in [-0.2, 0) is 17.8 Å². The number of hydrogen-bond donors (Lipinski definition) is 2. The maximum Gasteiger partial charge on any atom is 0.324 e. The summed E-state index contributed by atoms with van der Waals surface area (Å²) in [7, 11) is 0. The zero-order chi connectivity index (χ0) is 18.5. The molecule has 0 atom stereocenters. The van der Waals surface area contributed by atoms with E-state index in [4.69, 9.17) is 0 Å². The molecule has 6 heteroatoms. The fraction of sp³-hybridized carbons (Fsp3) is 0.250. The second-order valence-electron chi connectivity index (χ2n) is 6.20. The Morgan fingerprint density at radius 3 is 2.50 bits per heavy atom. The van der Waals surface area contributed by atoms with Crippen LogP contribution in [-0.4, -0.2) is 29.3 Å². The summed E-state index contributed by atoms with van der Waals surface area (Å²) in [6.07, 6.45) is 1.91. The lowest BCUT2D eigenvalue weighted by molar-refractivity contribution is -0.125. The summed E-state index contributed by atoms with van der Waals surface area (Å²) in [5.74, 6) is -0.431. The molecule has 0 radical (unpaired) electrons. The molecule has 4 amide bonds. The average molecular weight is 351 g/mol. The Balaban J connectivity index is 1.68. The number of hydrogen-bond acceptors (Lipinski definition) is 3. The summed E-state index contributed by atoms with van der Waals surface area (Å²) in [6, 6.07) is 14.3. The summed E-state index contributed by atoms with van der Waals surface area (Å²) in [4.78, 5) is 36.9. The topological polar surface area (TPSA) is 78.5 Å². The van der Waals surface area contributed by atoms with E-state index in [0.29, 0.717) is 5.56 Å². The average Bonchev–Trinajstić information content (AvgIpc) is 2.96. The lowest BCUT2D eigenvalue weighted by Gasteiger charge is -2.13. The number of carbonyl (C=O) groups is 3. The molecule has 0 aliphatic carbocycles. The molecular weight excluding hydrogens is 330 g/mol. The van der Waals surface area contributed by atoms with Crippen molar-refractivity contribution in [1.82, 2.24) is 10.2 Å². The van der Waals surface area contributed by atoms with Gasteiger partial charge in [0, 0.05) is 11.3 Å². The van der Waals surface area contributed by atoms with Crippen LogP contribution in [0.25, 0.3) is 0 Å². The summed E-state index contributed by atoms with van der Waals surface area (Å²) >= 11 is 0. The Kier molecular flexibility index (Phi) is 5.31. The first kappa shape index (κ1) is 17.7. The van der Waals surface area contributed by atoms with Crippen LogP contribution < -0.4 is 10.6 Å². The molecule has 134 valence electrons. The molecule has 26 heavy (non-hydrogen) atoms. The van der Waals surface area contributed by atoms with Crippen molar-refractivity contribution in [1.29, 1.82) is 0 Å². The maximum atomic E-state index is 12.5. The fourth-order valence-corrected chi connectivity index (χ4v) is 2.88. The van der Waals surface area contributed by atoms with Crippen LogP contribution in [0.1, 0.15) is 34.8 Å². The van der Waals surface area contributed by atoms with Gasteiger partial charge in [0.2, 0.25) is 5.91 Å². The van der Waals surface area contributed by atoms with Gasteiger partial charge in [-0.25, -0.2) is 4.79 Å². The summed E-state index contributed by atoms with van der Waals surface area (Å²) in [6.45, 7) is 2.34. The molecule has 0 aromatic heterocycles. The number of nitrogens with one attached hydrogen (secondary N) is 2. The van der Waals surface area contributed by atoms with Crippen molar-refractivity contribution >= 4 is 23.5 Å². The van der Waals surface area contributed by atoms with Crippen LogP contribution in [0.4, 0.5) is 10.5 Å². The van der Waals surface area contributed by atoms with Crippen molar-refractivity contribution in [2.75, 3.05) is 11.9 Å². The third-order valence-electron chi connectivity index (χ3n) is 4.28. The van der Waals surface area contributed by atoms with E-state index in [1.54, 1.807) is 24.3 Å². The summed E-state index contributed by atoms with van der Waals surface area (Å²) in [5, 5.41) is 5.44. The molecule has 3 rings (SSSR count). The van der Waals surface area contributed by atoms with Gasteiger partial charge in [-0.2, -0.15) is 0 Å². The predicted molar refractivity (Wildman–Crippen MR) is 98.8 cm³/mol. The van der Waals surface area contributed by atoms with Gasteiger partial charge in [-0.1, -0.05) is 43.7 Å². The van der Waals surface area contributed by atoms with Crippen molar-refractivity contribution in [2.45, 2.75) is 26.3 Å². The lowest BCUT2D eigenvalue weighted by Crippen LogP contribution is -2.30. The Morgan fingerprint density at radius 1 is 1.12 bits per heavy atom. The first-order valence-electron chi connectivity index (χ1n) is 8.65. The number of amides is 4. The highest BCUT2D eigenvalue weighted by atomic mass is 16.2.